The number of benzene rings is 1. The maximum Gasteiger partial charge on any atom is 0.288 e. The van der Waals surface area contributed by atoms with Gasteiger partial charge < -0.3 is 5.32 Å². The number of anilines is 1. The summed E-state index contributed by atoms with van der Waals surface area (Å²) < 4.78 is 51.8. The number of para-hydroxylation sites is 1. The minimum absolute atomic E-state index is 0.195. The molecular formula is C13H18F2N2O2S2. The number of alkyl halides is 2. The van der Waals surface area contributed by atoms with Crippen molar-refractivity contribution in [1.82, 2.24) is 5.32 Å². The Hall–Kier alpha value is -0.860. The summed E-state index contributed by atoms with van der Waals surface area (Å²) in [5, 5.41) is 2.51. The van der Waals surface area contributed by atoms with E-state index >= 15 is 0 Å². The molecule has 1 saturated carbocycles. The van der Waals surface area contributed by atoms with E-state index in [9.17, 15) is 17.2 Å². The van der Waals surface area contributed by atoms with Gasteiger partial charge in [0.25, 0.3) is 5.76 Å². The number of sulfonamides is 1. The molecule has 1 aromatic carbocycles. The van der Waals surface area contributed by atoms with Gasteiger partial charge in [-0.05, 0) is 31.9 Å². The van der Waals surface area contributed by atoms with Crippen molar-refractivity contribution in [1.29, 1.82) is 0 Å². The molecule has 1 aliphatic carbocycles. The second-order valence-corrected chi connectivity index (χ2v) is 8.15. The van der Waals surface area contributed by atoms with Crippen molar-refractivity contribution >= 4 is 27.5 Å². The fraction of sp³-hybridized carbons (Fsp3) is 0.538. The number of hydrogen-bond acceptors (Lipinski definition) is 4. The Bertz CT molecular complexity index is 577. The molecule has 0 saturated heterocycles. The van der Waals surface area contributed by atoms with Crippen LogP contribution in [0.5, 0.6) is 0 Å². The van der Waals surface area contributed by atoms with Gasteiger partial charge in [-0.3, -0.25) is 4.72 Å². The summed E-state index contributed by atoms with van der Waals surface area (Å²) in [6.45, 7) is 1.95. The van der Waals surface area contributed by atoms with Crippen LogP contribution in [0.15, 0.2) is 29.2 Å². The van der Waals surface area contributed by atoms with Crippen molar-refractivity contribution in [2.24, 2.45) is 0 Å². The van der Waals surface area contributed by atoms with E-state index in [4.69, 9.17) is 0 Å². The van der Waals surface area contributed by atoms with Crippen molar-refractivity contribution in [2.45, 2.75) is 41.7 Å². The van der Waals surface area contributed by atoms with Gasteiger partial charge in [0.2, 0.25) is 10.0 Å². The maximum absolute atomic E-state index is 12.5. The van der Waals surface area contributed by atoms with Gasteiger partial charge in [0, 0.05) is 17.5 Å². The first-order chi connectivity index (χ1) is 9.88. The number of halogens is 2. The lowest BCUT2D eigenvalue weighted by molar-refractivity contribution is 0.252. The average molecular weight is 336 g/mol. The van der Waals surface area contributed by atoms with Crippen LogP contribution in [0.2, 0.25) is 0 Å². The van der Waals surface area contributed by atoms with Crippen LogP contribution >= 0.6 is 11.8 Å². The molecule has 0 heterocycles. The largest absolute Gasteiger partial charge is 0.313 e. The van der Waals surface area contributed by atoms with Crippen LogP contribution in [0.4, 0.5) is 14.5 Å². The minimum Gasteiger partial charge on any atom is -0.313 e. The zero-order valence-corrected chi connectivity index (χ0v) is 13.2. The van der Waals surface area contributed by atoms with Crippen molar-refractivity contribution in [3.05, 3.63) is 24.3 Å². The Morgan fingerprint density at radius 2 is 2.00 bits per heavy atom. The molecule has 2 N–H and O–H groups in total. The van der Waals surface area contributed by atoms with Gasteiger partial charge >= 0.3 is 0 Å². The fourth-order valence-corrected chi connectivity index (χ4v) is 3.39. The summed E-state index contributed by atoms with van der Waals surface area (Å²) in [6.07, 6.45) is 2.15. The molecule has 1 unspecified atom stereocenters. The molecule has 1 aromatic rings. The lowest BCUT2D eigenvalue weighted by atomic mass is 10.3. The molecule has 1 atom stereocenters. The Labute approximate surface area is 127 Å². The number of rotatable bonds is 8. The first kappa shape index (κ1) is 16.5. The van der Waals surface area contributed by atoms with Gasteiger partial charge in [0.15, 0.2) is 0 Å². The zero-order valence-electron chi connectivity index (χ0n) is 11.6. The highest BCUT2D eigenvalue weighted by atomic mass is 32.2. The first-order valence-electron chi connectivity index (χ1n) is 6.67. The Morgan fingerprint density at radius 3 is 2.62 bits per heavy atom. The van der Waals surface area contributed by atoms with E-state index in [1.165, 1.54) is 12.1 Å². The fourth-order valence-electron chi connectivity index (χ4n) is 1.73. The van der Waals surface area contributed by atoms with E-state index in [2.05, 4.69) is 10.0 Å². The number of thioether (sulfide) groups is 1. The first-order valence-corrected chi connectivity index (χ1v) is 9.10. The third-order valence-corrected chi connectivity index (χ3v) is 5.68. The predicted molar refractivity (Wildman–Crippen MR) is 81.3 cm³/mol. The molecular weight excluding hydrogens is 318 g/mol. The summed E-state index contributed by atoms with van der Waals surface area (Å²) in [6, 6.07) is 6.59. The van der Waals surface area contributed by atoms with Crippen molar-refractivity contribution in [3.63, 3.8) is 0 Å². The van der Waals surface area contributed by atoms with Gasteiger partial charge in [-0.25, -0.2) is 8.42 Å². The van der Waals surface area contributed by atoms with Crippen LogP contribution in [0, 0.1) is 0 Å². The third kappa shape index (κ3) is 5.12. The molecule has 0 aromatic heterocycles. The van der Waals surface area contributed by atoms with Gasteiger partial charge in [-0.1, -0.05) is 23.9 Å². The highest BCUT2D eigenvalue weighted by Crippen LogP contribution is 2.32. The summed E-state index contributed by atoms with van der Waals surface area (Å²) >= 11 is 0.330. The third-order valence-electron chi connectivity index (χ3n) is 3.16. The van der Waals surface area contributed by atoms with E-state index in [1.54, 1.807) is 19.1 Å². The second kappa shape index (κ2) is 6.93. The van der Waals surface area contributed by atoms with Gasteiger partial charge in [0.1, 0.15) is 0 Å². The second-order valence-electron chi connectivity index (χ2n) is 5.01. The van der Waals surface area contributed by atoms with Crippen LogP contribution < -0.4 is 10.0 Å². The Kier molecular flexibility index (Phi) is 5.45. The quantitative estimate of drug-likeness (QED) is 0.717. The summed E-state index contributed by atoms with van der Waals surface area (Å²) in [4.78, 5) is 0.221. The molecule has 21 heavy (non-hydrogen) atoms. The van der Waals surface area contributed by atoms with Crippen LogP contribution in [-0.4, -0.2) is 32.0 Å². The van der Waals surface area contributed by atoms with E-state index < -0.39 is 21.0 Å². The Morgan fingerprint density at radius 1 is 1.33 bits per heavy atom. The molecule has 0 radical (unpaired) electrons. The van der Waals surface area contributed by atoms with E-state index in [0.717, 1.165) is 12.8 Å². The SMILES string of the molecule is CC(CNC1CC1)S(=O)(=O)Nc1ccccc1SC(F)F. The van der Waals surface area contributed by atoms with Crippen LogP contribution in [-0.2, 0) is 10.0 Å². The molecule has 0 amide bonds. The summed E-state index contributed by atoms with van der Waals surface area (Å²) in [5.41, 5.74) is 0.195. The summed E-state index contributed by atoms with van der Waals surface area (Å²) in [7, 11) is -3.61. The number of hydrogen-bond donors (Lipinski definition) is 2. The molecule has 4 nitrogen and oxygen atoms in total. The predicted octanol–water partition coefficient (Wildman–Crippen LogP) is 2.88. The van der Waals surface area contributed by atoms with Crippen molar-refractivity contribution < 1.29 is 17.2 Å². The van der Waals surface area contributed by atoms with Crippen LogP contribution in [0.3, 0.4) is 0 Å². The molecule has 1 aliphatic rings. The molecule has 118 valence electrons. The number of nitrogens with one attached hydrogen (secondary N) is 2. The molecule has 1 fully saturated rings. The van der Waals surface area contributed by atoms with Crippen LogP contribution in [0.1, 0.15) is 19.8 Å². The van der Waals surface area contributed by atoms with Gasteiger partial charge in [-0.2, -0.15) is 8.78 Å². The van der Waals surface area contributed by atoms with E-state index in [-0.39, 0.29) is 10.6 Å². The molecule has 8 heteroatoms. The van der Waals surface area contributed by atoms with Crippen molar-refractivity contribution in [3.8, 4) is 0 Å². The van der Waals surface area contributed by atoms with E-state index in [0.29, 0.717) is 24.3 Å². The normalized spacial score (nSPS) is 17.0. The van der Waals surface area contributed by atoms with Crippen LogP contribution in [0.25, 0.3) is 0 Å². The highest BCUT2D eigenvalue weighted by Gasteiger charge is 2.26. The molecule has 2 rings (SSSR count). The zero-order chi connectivity index (χ0) is 15.5. The molecule has 0 spiro atoms. The summed E-state index contributed by atoms with van der Waals surface area (Å²) in [5.74, 6) is -2.59. The minimum atomic E-state index is -3.61. The molecule has 0 bridgehead atoms. The Balaban J connectivity index is 2.04. The molecule has 0 aliphatic heterocycles. The van der Waals surface area contributed by atoms with Gasteiger partial charge in [-0.15, -0.1) is 0 Å². The lowest BCUT2D eigenvalue weighted by Crippen LogP contribution is -2.35. The lowest BCUT2D eigenvalue weighted by Gasteiger charge is -2.17. The topological polar surface area (TPSA) is 58.2 Å². The monoisotopic (exact) mass is 336 g/mol. The smallest absolute Gasteiger partial charge is 0.288 e. The maximum atomic E-state index is 12.5. The highest BCUT2D eigenvalue weighted by molar-refractivity contribution is 8.00. The standard InChI is InChI=1S/C13H18F2N2O2S2/c1-9(8-16-10-6-7-10)21(18,19)17-11-4-2-3-5-12(11)20-13(14)15/h2-5,9-10,13,16-17H,6-8H2,1H3. The van der Waals surface area contributed by atoms with Gasteiger partial charge in [0.05, 0.1) is 10.9 Å². The average Bonchev–Trinajstić information content (AvgIpc) is 3.21. The van der Waals surface area contributed by atoms with E-state index in [1.807, 2.05) is 0 Å². The van der Waals surface area contributed by atoms with Crippen molar-refractivity contribution in [2.75, 3.05) is 11.3 Å².